The lowest BCUT2D eigenvalue weighted by Gasteiger charge is -2.31. The third-order valence-corrected chi connectivity index (χ3v) is 4.69. The second-order valence-corrected chi connectivity index (χ2v) is 7.43. The van der Waals surface area contributed by atoms with Gasteiger partial charge >= 0.3 is 0 Å². The predicted octanol–water partition coefficient (Wildman–Crippen LogP) is 1.94. The fourth-order valence-corrected chi connectivity index (χ4v) is 3.90. The van der Waals surface area contributed by atoms with Crippen LogP contribution in [-0.4, -0.2) is 41.0 Å². The average Bonchev–Trinajstić information content (AvgIpc) is 2.68. The number of rotatable bonds is 6. The third kappa shape index (κ3) is 5.49. The number of hydrogen-bond acceptors (Lipinski definition) is 3. The minimum Gasteiger partial charge on any atom is -0.377 e. The number of ether oxygens (including phenoxy) is 1. The predicted molar refractivity (Wildman–Crippen MR) is 73.8 cm³/mol. The van der Waals surface area contributed by atoms with Crippen molar-refractivity contribution in [1.82, 2.24) is 5.32 Å². The smallest absolute Gasteiger partial charge is 0.0691 e. The standard InChI is InChI=1S/C13H27NO2S/c1-5-14-12(13(2,3)4)10-17(15)9-11-7-6-8-16-11/h11-12,14H,5-10H2,1-4H3. The van der Waals surface area contributed by atoms with Crippen LogP contribution in [0.15, 0.2) is 0 Å². The zero-order valence-electron chi connectivity index (χ0n) is 11.6. The molecule has 3 nitrogen and oxygen atoms in total. The average molecular weight is 261 g/mol. The minimum absolute atomic E-state index is 0.155. The van der Waals surface area contributed by atoms with E-state index in [1.54, 1.807) is 0 Å². The Morgan fingerprint density at radius 1 is 1.47 bits per heavy atom. The van der Waals surface area contributed by atoms with E-state index < -0.39 is 10.8 Å². The normalized spacial score (nSPS) is 24.8. The highest BCUT2D eigenvalue weighted by atomic mass is 32.2. The van der Waals surface area contributed by atoms with Crippen molar-refractivity contribution < 1.29 is 8.95 Å². The third-order valence-electron chi connectivity index (χ3n) is 3.24. The lowest BCUT2D eigenvalue weighted by molar-refractivity contribution is 0.128. The van der Waals surface area contributed by atoms with Crippen molar-refractivity contribution in [2.45, 2.75) is 52.7 Å². The van der Waals surface area contributed by atoms with Crippen LogP contribution in [0.4, 0.5) is 0 Å². The van der Waals surface area contributed by atoms with Gasteiger partial charge in [-0.25, -0.2) is 0 Å². The first-order chi connectivity index (χ1) is 7.93. The molecule has 17 heavy (non-hydrogen) atoms. The van der Waals surface area contributed by atoms with Crippen molar-refractivity contribution in [2.75, 3.05) is 24.7 Å². The van der Waals surface area contributed by atoms with Gasteiger partial charge in [-0.3, -0.25) is 4.21 Å². The molecule has 3 unspecified atom stereocenters. The molecule has 102 valence electrons. The molecule has 0 saturated carbocycles. The molecule has 1 rings (SSSR count). The van der Waals surface area contributed by atoms with Crippen LogP contribution in [0.3, 0.4) is 0 Å². The van der Waals surface area contributed by atoms with Crippen LogP contribution in [0.1, 0.15) is 40.5 Å². The van der Waals surface area contributed by atoms with Crippen LogP contribution in [0.5, 0.6) is 0 Å². The molecule has 1 heterocycles. The van der Waals surface area contributed by atoms with Gasteiger partial charge < -0.3 is 10.1 Å². The Kier molecular flexibility index (Phi) is 6.10. The summed E-state index contributed by atoms with van der Waals surface area (Å²) in [5.74, 6) is 1.44. The highest BCUT2D eigenvalue weighted by molar-refractivity contribution is 7.85. The Bertz CT molecular complexity index is 244. The van der Waals surface area contributed by atoms with E-state index in [9.17, 15) is 4.21 Å². The molecule has 1 saturated heterocycles. The molecule has 1 N–H and O–H groups in total. The summed E-state index contributed by atoms with van der Waals surface area (Å²) >= 11 is 0. The molecule has 3 atom stereocenters. The SMILES string of the molecule is CCNC(CS(=O)CC1CCCO1)C(C)(C)C. The van der Waals surface area contributed by atoms with Crippen LogP contribution >= 0.6 is 0 Å². The summed E-state index contributed by atoms with van der Waals surface area (Å²) in [5.41, 5.74) is 0.155. The molecule has 0 spiro atoms. The Labute approximate surface area is 108 Å². The lowest BCUT2D eigenvalue weighted by atomic mass is 9.88. The van der Waals surface area contributed by atoms with Gasteiger partial charge in [0.2, 0.25) is 0 Å². The maximum Gasteiger partial charge on any atom is 0.0691 e. The van der Waals surface area contributed by atoms with Crippen LogP contribution < -0.4 is 5.32 Å². The van der Waals surface area contributed by atoms with Crippen LogP contribution in [0.25, 0.3) is 0 Å². The molecule has 0 radical (unpaired) electrons. The molecule has 0 aliphatic carbocycles. The van der Waals surface area contributed by atoms with Crippen molar-refractivity contribution in [2.24, 2.45) is 5.41 Å². The maximum atomic E-state index is 12.1. The van der Waals surface area contributed by atoms with E-state index in [2.05, 4.69) is 33.0 Å². The first kappa shape index (κ1) is 15.1. The Hall–Kier alpha value is 0.0700. The number of hydrogen-bond donors (Lipinski definition) is 1. The first-order valence-corrected chi connectivity index (χ1v) is 8.12. The lowest BCUT2D eigenvalue weighted by Crippen LogP contribution is -2.44. The second-order valence-electron chi connectivity index (χ2n) is 5.88. The fraction of sp³-hybridized carbons (Fsp3) is 1.00. The topological polar surface area (TPSA) is 38.3 Å². The molecule has 0 bridgehead atoms. The zero-order valence-corrected chi connectivity index (χ0v) is 12.4. The van der Waals surface area contributed by atoms with E-state index in [-0.39, 0.29) is 11.5 Å². The highest BCUT2D eigenvalue weighted by Gasteiger charge is 2.27. The first-order valence-electron chi connectivity index (χ1n) is 6.63. The summed E-state index contributed by atoms with van der Waals surface area (Å²) in [5, 5.41) is 3.44. The van der Waals surface area contributed by atoms with Gasteiger partial charge in [0.15, 0.2) is 0 Å². The minimum atomic E-state index is -0.775. The summed E-state index contributed by atoms with van der Waals surface area (Å²) in [4.78, 5) is 0. The molecule has 0 aromatic carbocycles. The van der Waals surface area contributed by atoms with Gasteiger partial charge in [-0.15, -0.1) is 0 Å². The van der Waals surface area contributed by atoms with Gasteiger partial charge in [0.05, 0.1) is 6.10 Å². The fourth-order valence-electron chi connectivity index (χ4n) is 2.10. The molecular formula is C13H27NO2S. The van der Waals surface area contributed by atoms with Gasteiger partial charge in [0.25, 0.3) is 0 Å². The second kappa shape index (κ2) is 6.86. The molecule has 1 aliphatic heterocycles. The van der Waals surface area contributed by atoms with E-state index >= 15 is 0 Å². The summed E-state index contributed by atoms with van der Waals surface area (Å²) in [6.07, 6.45) is 2.43. The van der Waals surface area contributed by atoms with Crippen molar-refractivity contribution in [3.8, 4) is 0 Å². The van der Waals surface area contributed by atoms with E-state index in [1.807, 2.05) is 0 Å². The summed E-state index contributed by atoms with van der Waals surface area (Å²) in [6, 6.07) is 0.315. The molecule has 0 aromatic heterocycles. The van der Waals surface area contributed by atoms with Crippen LogP contribution in [0, 0.1) is 5.41 Å². The Balaban J connectivity index is 2.40. The Morgan fingerprint density at radius 2 is 2.18 bits per heavy atom. The van der Waals surface area contributed by atoms with E-state index in [0.717, 1.165) is 31.7 Å². The summed E-state index contributed by atoms with van der Waals surface area (Å²) in [7, 11) is -0.775. The quantitative estimate of drug-likeness (QED) is 0.794. The molecule has 1 aliphatic rings. The molecule has 4 heteroatoms. The molecular weight excluding hydrogens is 234 g/mol. The van der Waals surface area contributed by atoms with Crippen molar-refractivity contribution in [1.29, 1.82) is 0 Å². The van der Waals surface area contributed by atoms with E-state index in [0.29, 0.717) is 11.8 Å². The van der Waals surface area contributed by atoms with Crippen molar-refractivity contribution in [3.05, 3.63) is 0 Å². The van der Waals surface area contributed by atoms with Crippen molar-refractivity contribution in [3.63, 3.8) is 0 Å². The van der Waals surface area contributed by atoms with Crippen molar-refractivity contribution >= 4 is 10.8 Å². The van der Waals surface area contributed by atoms with Gasteiger partial charge in [0, 0.05) is 35.0 Å². The number of nitrogens with one attached hydrogen (secondary N) is 1. The molecule has 0 amide bonds. The summed E-state index contributed by atoms with van der Waals surface area (Å²) in [6.45, 7) is 10.5. The van der Waals surface area contributed by atoms with E-state index in [1.165, 1.54) is 0 Å². The summed E-state index contributed by atoms with van der Waals surface area (Å²) < 4.78 is 17.7. The Morgan fingerprint density at radius 3 is 2.65 bits per heavy atom. The zero-order chi connectivity index (χ0) is 12.9. The largest absolute Gasteiger partial charge is 0.377 e. The van der Waals surface area contributed by atoms with Gasteiger partial charge in [-0.2, -0.15) is 0 Å². The van der Waals surface area contributed by atoms with E-state index in [4.69, 9.17) is 4.74 Å². The van der Waals surface area contributed by atoms with Gasteiger partial charge in [-0.05, 0) is 24.8 Å². The molecule has 1 fully saturated rings. The van der Waals surface area contributed by atoms with Crippen LogP contribution in [-0.2, 0) is 15.5 Å². The van der Waals surface area contributed by atoms with Crippen LogP contribution in [0.2, 0.25) is 0 Å². The van der Waals surface area contributed by atoms with Gasteiger partial charge in [-0.1, -0.05) is 27.7 Å². The monoisotopic (exact) mass is 261 g/mol. The molecule has 0 aromatic rings. The highest BCUT2D eigenvalue weighted by Crippen LogP contribution is 2.21. The maximum absolute atomic E-state index is 12.1. The van der Waals surface area contributed by atoms with Gasteiger partial charge in [0.1, 0.15) is 0 Å².